The Kier molecular flexibility index (Phi) is 7.66. The third-order valence-corrected chi connectivity index (χ3v) is 5.31. The van der Waals surface area contributed by atoms with Crippen LogP contribution in [0.4, 0.5) is 11.5 Å². The number of halogens is 1. The molecule has 0 atom stereocenters. The molecule has 8 heteroatoms. The first-order valence-corrected chi connectivity index (χ1v) is 10.4. The molecule has 1 fully saturated rings. The maximum atomic E-state index is 12.4. The third kappa shape index (κ3) is 6.87. The standard InChI is InChI=1S/C21H28ClN5O2/c1-26(14-20(28)24-18-9-5-8-17(22)12-18)15-21(29)25-19-10-11-23-27(19)13-16-6-3-2-4-7-16/h5,8-12,16H,2-4,6-7,13-15H2,1H3,(H,24,28)(H,25,29). The molecule has 2 aromatic rings. The van der Waals surface area contributed by atoms with Gasteiger partial charge in [-0.25, -0.2) is 4.68 Å². The SMILES string of the molecule is CN(CC(=O)Nc1cccc(Cl)c1)CC(=O)Nc1ccnn1CC1CCCCC1. The summed E-state index contributed by atoms with van der Waals surface area (Å²) in [6, 6.07) is 8.77. The second-order valence-electron chi connectivity index (χ2n) is 7.68. The number of amides is 2. The molecule has 1 aromatic heterocycles. The van der Waals surface area contributed by atoms with Crippen molar-refractivity contribution in [1.82, 2.24) is 14.7 Å². The Hall–Kier alpha value is -2.38. The van der Waals surface area contributed by atoms with Crippen LogP contribution in [0.15, 0.2) is 36.5 Å². The molecular formula is C21H28ClN5O2. The molecule has 156 valence electrons. The number of nitrogens with zero attached hydrogens (tertiary/aromatic N) is 3. The number of likely N-dealkylation sites (N-methyl/N-ethyl adjacent to an activating group) is 1. The van der Waals surface area contributed by atoms with Crippen molar-refractivity contribution < 1.29 is 9.59 Å². The van der Waals surface area contributed by atoms with Crippen molar-refractivity contribution in [3.05, 3.63) is 41.6 Å². The molecule has 1 saturated carbocycles. The van der Waals surface area contributed by atoms with Crippen molar-refractivity contribution in [2.45, 2.75) is 38.6 Å². The van der Waals surface area contributed by atoms with Crippen LogP contribution in [0.3, 0.4) is 0 Å². The highest BCUT2D eigenvalue weighted by Crippen LogP contribution is 2.25. The van der Waals surface area contributed by atoms with Crippen molar-refractivity contribution in [2.24, 2.45) is 5.92 Å². The second kappa shape index (κ2) is 10.4. The normalized spacial score (nSPS) is 14.7. The van der Waals surface area contributed by atoms with Crippen molar-refractivity contribution in [2.75, 3.05) is 30.8 Å². The maximum Gasteiger partial charge on any atom is 0.239 e. The average Bonchev–Trinajstić information content (AvgIpc) is 3.08. The Bertz CT molecular complexity index is 832. The van der Waals surface area contributed by atoms with Crippen LogP contribution >= 0.6 is 11.6 Å². The highest BCUT2D eigenvalue weighted by molar-refractivity contribution is 6.30. The van der Waals surface area contributed by atoms with Gasteiger partial charge in [0.2, 0.25) is 11.8 Å². The van der Waals surface area contributed by atoms with Gasteiger partial charge in [-0.15, -0.1) is 0 Å². The summed E-state index contributed by atoms with van der Waals surface area (Å²) in [6.07, 6.45) is 8.01. The molecular weight excluding hydrogens is 390 g/mol. The number of benzene rings is 1. The van der Waals surface area contributed by atoms with Crippen LogP contribution in [0.5, 0.6) is 0 Å². The monoisotopic (exact) mass is 417 g/mol. The van der Waals surface area contributed by atoms with Gasteiger partial charge < -0.3 is 10.6 Å². The van der Waals surface area contributed by atoms with E-state index in [4.69, 9.17) is 11.6 Å². The molecule has 2 amide bonds. The summed E-state index contributed by atoms with van der Waals surface area (Å²) in [4.78, 5) is 26.2. The average molecular weight is 418 g/mol. The van der Waals surface area contributed by atoms with Crippen LogP contribution in [-0.2, 0) is 16.1 Å². The van der Waals surface area contributed by atoms with Crippen molar-refractivity contribution in [1.29, 1.82) is 0 Å². The summed E-state index contributed by atoms with van der Waals surface area (Å²) < 4.78 is 1.87. The van der Waals surface area contributed by atoms with E-state index >= 15 is 0 Å². The number of carbonyl (C=O) groups excluding carboxylic acids is 2. The first-order valence-electron chi connectivity index (χ1n) is 10.1. The number of aromatic nitrogens is 2. The first kappa shape index (κ1) is 21.3. The summed E-state index contributed by atoms with van der Waals surface area (Å²) >= 11 is 5.92. The lowest BCUT2D eigenvalue weighted by Crippen LogP contribution is -2.36. The van der Waals surface area contributed by atoms with E-state index in [9.17, 15) is 9.59 Å². The van der Waals surface area contributed by atoms with Crippen LogP contribution in [0, 0.1) is 5.92 Å². The quantitative estimate of drug-likeness (QED) is 0.687. The van der Waals surface area contributed by atoms with E-state index in [-0.39, 0.29) is 24.9 Å². The van der Waals surface area contributed by atoms with E-state index in [1.165, 1.54) is 32.1 Å². The molecule has 1 heterocycles. The number of anilines is 2. The lowest BCUT2D eigenvalue weighted by molar-refractivity contribution is -0.119. The molecule has 0 radical (unpaired) electrons. The minimum Gasteiger partial charge on any atom is -0.325 e. The van der Waals surface area contributed by atoms with Gasteiger partial charge in [-0.3, -0.25) is 14.5 Å². The largest absolute Gasteiger partial charge is 0.325 e. The number of hydrogen-bond donors (Lipinski definition) is 2. The van der Waals surface area contributed by atoms with Crippen LogP contribution in [0.2, 0.25) is 5.02 Å². The Morgan fingerprint density at radius 3 is 2.59 bits per heavy atom. The molecule has 0 unspecified atom stereocenters. The van der Waals surface area contributed by atoms with Crippen LogP contribution in [0.25, 0.3) is 0 Å². The number of nitrogens with one attached hydrogen (secondary N) is 2. The molecule has 0 aliphatic heterocycles. The molecule has 1 aliphatic rings. The molecule has 3 rings (SSSR count). The minimum absolute atomic E-state index is 0.0985. The third-order valence-electron chi connectivity index (χ3n) is 5.08. The highest BCUT2D eigenvalue weighted by atomic mass is 35.5. The molecule has 0 saturated heterocycles. The number of rotatable bonds is 8. The fourth-order valence-electron chi connectivity index (χ4n) is 3.69. The molecule has 29 heavy (non-hydrogen) atoms. The number of hydrogen-bond acceptors (Lipinski definition) is 4. The molecule has 0 bridgehead atoms. The van der Waals surface area contributed by atoms with Gasteiger partial charge in [0.1, 0.15) is 5.82 Å². The Morgan fingerprint density at radius 1 is 1.14 bits per heavy atom. The zero-order chi connectivity index (χ0) is 20.6. The predicted octanol–water partition coefficient (Wildman–Crippen LogP) is 3.63. The maximum absolute atomic E-state index is 12.4. The number of carbonyl (C=O) groups is 2. The Balaban J connectivity index is 1.45. The van der Waals surface area contributed by atoms with E-state index < -0.39 is 0 Å². The minimum atomic E-state index is -0.204. The Labute approximate surface area is 176 Å². The van der Waals surface area contributed by atoms with Crippen LogP contribution in [0.1, 0.15) is 32.1 Å². The van der Waals surface area contributed by atoms with E-state index in [2.05, 4.69) is 15.7 Å². The summed E-state index contributed by atoms with van der Waals surface area (Å²) in [6.45, 7) is 1.04. The smallest absolute Gasteiger partial charge is 0.239 e. The van der Waals surface area contributed by atoms with Gasteiger partial charge in [0.15, 0.2) is 0 Å². The summed E-state index contributed by atoms with van der Waals surface area (Å²) in [5.74, 6) is 0.952. The molecule has 7 nitrogen and oxygen atoms in total. The van der Waals surface area contributed by atoms with Crippen LogP contribution in [-0.4, -0.2) is 46.6 Å². The van der Waals surface area contributed by atoms with Gasteiger partial charge in [0, 0.05) is 23.3 Å². The van der Waals surface area contributed by atoms with Crippen molar-refractivity contribution in [3.8, 4) is 0 Å². The summed E-state index contributed by atoms with van der Waals surface area (Å²) in [7, 11) is 1.73. The van der Waals surface area contributed by atoms with Crippen molar-refractivity contribution >= 4 is 34.9 Å². The summed E-state index contributed by atoms with van der Waals surface area (Å²) in [5.41, 5.74) is 0.631. The fraction of sp³-hybridized carbons (Fsp3) is 0.476. The second-order valence-corrected chi connectivity index (χ2v) is 8.12. The molecule has 1 aromatic carbocycles. The molecule has 2 N–H and O–H groups in total. The summed E-state index contributed by atoms with van der Waals surface area (Å²) in [5, 5.41) is 10.6. The zero-order valence-corrected chi connectivity index (χ0v) is 17.5. The van der Waals surface area contributed by atoms with Gasteiger partial charge in [-0.1, -0.05) is 36.9 Å². The highest BCUT2D eigenvalue weighted by Gasteiger charge is 2.17. The fourth-order valence-corrected chi connectivity index (χ4v) is 3.88. The van der Waals surface area contributed by atoms with E-state index in [1.807, 2.05) is 10.7 Å². The van der Waals surface area contributed by atoms with E-state index in [0.29, 0.717) is 22.4 Å². The van der Waals surface area contributed by atoms with Gasteiger partial charge in [-0.05, 0) is 44.0 Å². The van der Waals surface area contributed by atoms with Crippen LogP contribution < -0.4 is 10.6 Å². The van der Waals surface area contributed by atoms with E-state index in [0.717, 1.165) is 6.54 Å². The lowest BCUT2D eigenvalue weighted by Gasteiger charge is -2.22. The van der Waals surface area contributed by atoms with Gasteiger partial charge >= 0.3 is 0 Å². The lowest BCUT2D eigenvalue weighted by atomic mass is 9.89. The molecule has 0 spiro atoms. The van der Waals surface area contributed by atoms with Crippen molar-refractivity contribution in [3.63, 3.8) is 0 Å². The van der Waals surface area contributed by atoms with Gasteiger partial charge in [-0.2, -0.15) is 5.10 Å². The van der Waals surface area contributed by atoms with E-state index in [1.54, 1.807) is 42.4 Å². The zero-order valence-electron chi connectivity index (χ0n) is 16.7. The Morgan fingerprint density at radius 2 is 1.86 bits per heavy atom. The molecule has 1 aliphatic carbocycles. The topological polar surface area (TPSA) is 79.3 Å². The predicted molar refractivity (Wildman–Crippen MR) is 115 cm³/mol. The first-order chi connectivity index (χ1) is 14.0. The van der Waals surface area contributed by atoms with Gasteiger partial charge in [0.25, 0.3) is 0 Å². The van der Waals surface area contributed by atoms with Gasteiger partial charge in [0.05, 0.1) is 19.3 Å².